The Balaban J connectivity index is 0.000000303. The first kappa shape index (κ1) is 129. The number of carbonyl (C=O) groups is 6. The Bertz CT molecular complexity index is 3960. The van der Waals surface area contributed by atoms with Crippen LogP contribution in [-0.4, -0.2) is 174 Å². The van der Waals surface area contributed by atoms with Gasteiger partial charge in [0.05, 0.1) is 32.5 Å². The van der Waals surface area contributed by atoms with Crippen LogP contribution < -0.4 is 0 Å². The predicted molar refractivity (Wildman–Crippen MR) is 505 cm³/mol. The molecule has 12 saturated carbocycles. The van der Waals surface area contributed by atoms with Gasteiger partial charge in [-0.05, 0) is 380 Å². The van der Waals surface area contributed by atoms with E-state index in [1.807, 2.05) is 0 Å². The number of aliphatic hydroxyl groups is 6. The van der Waals surface area contributed by atoms with E-state index in [0.29, 0.717) is 113 Å². The van der Waals surface area contributed by atoms with Gasteiger partial charge in [0.2, 0.25) is 0 Å². The molecule has 0 aliphatic heterocycles. The molecule has 838 valence electrons. The van der Waals surface area contributed by atoms with Crippen molar-refractivity contribution >= 4 is 35.8 Å². The quantitative estimate of drug-likeness (QED) is 0.0193. The number of rotatable bonds is 36. The van der Waals surface area contributed by atoms with Crippen LogP contribution in [0, 0.1) is 121 Å². The molecule has 12 rings (SSSR count). The third-order valence-corrected chi connectivity index (χ3v) is 35.4. The topological polar surface area (TPSA) is 279 Å². The van der Waals surface area contributed by atoms with Gasteiger partial charge in [0.25, 0.3) is 0 Å². The van der Waals surface area contributed by atoms with Gasteiger partial charge in [-0.15, -0.1) is 0 Å². The summed E-state index contributed by atoms with van der Waals surface area (Å²) >= 11 is 0. The molecular formula is C107H176F18O18. The molecular weight excluding hydrogens is 1920 g/mol. The summed E-state index contributed by atoms with van der Waals surface area (Å²) in [4.78, 5) is 73.7. The van der Waals surface area contributed by atoms with Crippen LogP contribution in [0.1, 0.15) is 411 Å². The fraction of sp³-hybridized carbons (Fsp3) is 0.944. The lowest BCUT2D eigenvalue weighted by molar-refractivity contribution is -0.292. The van der Waals surface area contributed by atoms with Crippen LogP contribution >= 0.6 is 0 Å². The molecule has 0 aromatic heterocycles. The number of hydrogen-bond donors (Lipinski definition) is 6. The fourth-order valence-corrected chi connectivity index (χ4v) is 22.3. The standard InChI is InChI=1S/2C21H33F3O3.C18H29F3O3.C17H29F3O3.C16H27F3O3.C14H25F3O3/c1-5-18(2,3)17(25)27-16(19(4,26)21(22,23)24)12-20-9-13-6-14(10-20)8-15(7-13)11-20;1-5-19(2,3)18(25)27-17(20(4,26)21(22,23)24)11-16-14-7-12-6-13(9-14)10-15(16)8-12;1-5-16(2,3)15(22)24-14(17(4,23)18(19,20)21)10-13-9-11-6-7-12(13)8-11;1-5-15(2,3)14(21)23-13(16(4,22)17(18,19)20)11-12-9-7-6-8-10-12;1-5-14(2,3)13(20)22-12(10-11-8-6-7-9-11)15(4,21)16(17,18)19;1-7-12(4,5)11(18)20-10(8-9(2)3)13(6,19)14(15,16)17/h13-16,26H,5-12H2,1-4H3;12-17,26H,5-11H2,1-4H3;11-14,23H,5-10H2,1-4H3;12-13,22H,5-11H2,1-4H3;11-12,21H,5-10H2,1-4H3;9-10,19H,7-8H2,1-6H3. The van der Waals surface area contributed by atoms with Gasteiger partial charge >= 0.3 is 72.9 Å². The smallest absolute Gasteiger partial charge is 0.420 e. The first-order valence-electron chi connectivity index (χ1n) is 52.6. The van der Waals surface area contributed by atoms with Crippen LogP contribution in [0.2, 0.25) is 0 Å². The lowest BCUT2D eigenvalue weighted by Crippen LogP contribution is -2.57. The number of hydrogen-bond acceptors (Lipinski definition) is 18. The number of fused-ring (bicyclic) bond motifs is 2. The molecule has 0 aromatic rings. The Hall–Kier alpha value is -4.68. The summed E-state index contributed by atoms with van der Waals surface area (Å²) in [6.07, 6.45) is -11.2. The average molecular weight is 2090 g/mol. The maximum Gasteiger partial charge on any atom is 0.420 e. The van der Waals surface area contributed by atoms with E-state index in [1.165, 1.54) is 25.7 Å². The Labute approximate surface area is 838 Å². The molecule has 18 nitrogen and oxygen atoms in total. The number of carbonyl (C=O) groups excluding carboxylic acids is 6. The molecule has 6 N–H and O–H groups in total. The normalized spacial score (nSPS) is 28.2. The number of esters is 6. The van der Waals surface area contributed by atoms with Crippen molar-refractivity contribution in [3.63, 3.8) is 0 Å². The maximum absolute atomic E-state index is 13.6. The summed E-state index contributed by atoms with van der Waals surface area (Å²) < 4.78 is 271. The van der Waals surface area contributed by atoms with E-state index in [0.717, 1.165) is 149 Å². The van der Waals surface area contributed by atoms with Crippen LogP contribution in [0.25, 0.3) is 0 Å². The van der Waals surface area contributed by atoms with Crippen LogP contribution in [0.4, 0.5) is 79.0 Å². The van der Waals surface area contributed by atoms with Crippen LogP contribution in [-0.2, 0) is 57.2 Å². The molecule has 0 aromatic carbocycles. The molecule has 12 aliphatic rings. The van der Waals surface area contributed by atoms with Crippen LogP contribution in [0.5, 0.6) is 0 Å². The zero-order valence-corrected chi connectivity index (χ0v) is 89.9. The summed E-state index contributed by atoms with van der Waals surface area (Å²) in [6, 6.07) is 0. The third kappa shape index (κ3) is 33.2. The lowest BCUT2D eigenvalue weighted by Gasteiger charge is -2.58. The molecule has 0 amide bonds. The van der Waals surface area contributed by atoms with E-state index in [-0.39, 0.29) is 73.5 Å². The molecule has 0 saturated heterocycles. The average Bonchev–Trinajstić information content (AvgIpc) is 1.48. The second kappa shape index (κ2) is 48.5. The van der Waals surface area contributed by atoms with E-state index < -0.39 is 176 Å². The number of halogens is 18. The largest absolute Gasteiger partial charge is 0.459 e. The predicted octanol–water partition coefficient (Wildman–Crippen LogP) is 27.4. The maximum atomic E-state index is 13.6. The van der Waals surface area contributed by atoms with Crippen molar-refractivity contribution in [3.05, 3.63) is 0 Å². The highest BCUT2D eigenvalue weighted by molar-refractivity contribution is 5.78. The zero-order valence-electron chi connectivity index (χ0n) is 89.9. The minimum atomic E-state index is -4.86. The van der Waals surface area contributed by atoms with Gasteiger partial charge in [-0.25, -0.2) is 0 Å². The molecule has 15 atom stereocenters. The van der Waals surface area contributed by atoms with E-state index in [1.54, 1.807) is 138 Å². The van der Waals surface area contributed by atoms with Gasteiger partial charge in [-0.3, -0.25) is 28.8 Å². The molecule has 143 heavy (non-hydrogen) atoms. The van der Waals surface area contributed by atoms with E-state index >= 15 is 0 Å². The minimum Gasteiger partial charge on any atom is -0.459 e. The first-order chi connectivity index (χ1) is 64.6. The van der Waals surface area contributed by atoms with Gasteiger partial charge in [0.1, 0.15) is 36.6 Å². The van der Waals surface area contributed by atoms with Gasteiger partial charge in [-0.1, -0.05) is 120 Å². The Morgan fingerprint density at radius 1 is 0.273 bits per heavy atom. The lowest BCUT2D eigenvalue weighted by atomic mass is 9.48. The van der Waals surface area contributed by atoms with Crippen molar-refractivity contribution in [2.75, 3.05) is 0 Å². The third-order valence-electron chi connectivity index (χ3n) is 35.4. The van der Waals surface area contributed by atoms with Gasteiger partial charge in [0, 0.05) is 0 Å². The second-order valence-corrected chi connectivity index (χ2v) is 50.0. The summed E-state index contributed by atoms with van der Waals surface area (Å²) in [6.45, 7) is 38.0. The van der Waals surface area contributed by atoms with E-state index in [2.05, 4.69) is 0 Å². The Morgan fingerprint density at radius 3 is 0.755 bits per heavy atom. The zero-order chi connectivity index (χ0) is 110. The van der Waals surface area contributed by atoms with Crippen molar-refractivity contribution in [3.8, 4) is 0 Å². The highest BCUT2D eigenvalue weighted by atomic mass is 19.4. The van der Waals surface area contributed by atoms with Crippen molar-refractivity contribution in [2.45, 2.75) is 518 Å². The van der Waals surface area contributed by atoms with Crippen LogP contribution in [0.3, 0.4) is 0 Å². The second-order valence-electron chi connectivity index (χ2n) is 50.0. The Morgan fingerprint density at radius 2 is 0.503 bits per heavy atom. The Kier molecular flexibility index (Phi) is 43.7. The summed E-state index contributed by atoms with van der Waals surface area (Å²) in [5.74, 6) is 1.03. The summed E-state index contributed by atoms with van der Waals surface area (Å²) in [7, 11) is 0. The van der Waals surface area contributed by atoms with E-state index in [4.69, 9.17) is 28.4 Å². The summed E-state index contributed by atoms with van der Waals surface area (Å²) in [5.41, 5.74) is -23.7. The highest BCUT2D eigenvalue weighted by Crippen LogP contribution is 2.64. The first-order valence-corrected chi connectivity index (χ1v) is 52.6. The van der Waals surface area contributed by atoms with Crippen molar-refractivity contribution < 1.29 is 167 Å². The number of ether oxygens (including phenoxy) is 6. The molecule has 12 aliphatic carbocycles. The van der Waals surface area contributed by atoms with Crippen molar-refractivity contribution in [1.82, 2.24) is 0 Å². The summed E-state index contributed by atoms with van der Waals surface area (Å²) in [5, 5.41) is 60.6. The van der Waals surface area contributed by atoms with Gasteiger partial charge in [-0.2, -0.15) is 79.0 Å². The number of alkyl halides is 18. The molecule has 36 heteroatoms. The minimum absolute atomic E-state index is 0.0536. The van der Waals surface area contributed by atoms with Crippen molar-refractivity contribution in [2.24, 2.45) is 121 Å². The molecule has 0 heterocycles. The molecule has 12 fully saturated rings. The fourth-order valence-electron chi connectivity index (χ4n) is 22.3. The monoisotopic (exact) mass is 2090 g/mol. The molecule has 0 radical (unpaired) electrons. The van der Waals surface area contributed by atoms with Crippen molar-refractivity contribution in [1.29, 1.82) is 0 Å². The van der Waals surface area contributed by atoms with E-state index in [9.17, 15) is 138 Å². The molecule has 10 bridgehead atoms. The highest BCUT2D eigenvalue weighted by Gasteiger charge is 2.66. The molecule has 0 spiro atoms. The van der Waals surface area contributed by atoms with Gasteiger partial charge < -0.3 is 59.1 Å². The SMILES string of the molecule is CCC(C)(C)C(=O)OC(CC(C)C)C(C)(O)C(F)(F)F.CCC(C)(C)C(=O)OC(CC12CC3CC(CC(C3)C1)C2)C(C)(O)C(F)(F)F.CCC(C)(C)C(=O)OC(CC1C2CC3CC(C2)CC1C3)C(C)(O)C(F)(F)F.CCC(C)(C)C(=O)OC(CC1CC2CCC1C2)C(C)(O)C(F)(F)F.CCC(C)(C)C(=O)OC(CC1CCCC1)C(C)(O)C(F)(F)F.CCC(C)(C)C(=O)OC(CC1CCCCC1)C(C)(O)C(F)(F)F. The molecule has 15 unspecified atom stereocenters. The van der Waals surface area contributed by atoms with Crippen LogP contribution in [0.15, 0.2) is 0 Å². The van der Waals surface area contributed by atoms with Gasteiger partial charge in [0.15, 0.2) is 33.6 Å².